The van der Waals surface area contributed by atoms with Crippen molar-refractivity contribution in [3.63, 3.8) is 0 Å². The standard InChI is InChI=1S/C21H20N2O3/c1-15-8-5-6-11-17(15)22-20(24)18(14-16-9-3-2-4-10-16)23-21(25)19-12-7-13-26-19/h2-13,18H,14H2,1H3,(H,22,24)(H,23,25). The Morgan fingerprint density at radius 3 is 2.38 bits per heavy atom. The molecule has 1 aromatic heterocycles. The quantitative estimate of drug-likeness (QED) is 0.715. The van der Waals surface area contributed by atoms with Gasteiger partial charge in [0.05, 0.1) is 6.26 Å². The summed E-state index contributed by atoms with van der Waals surface area (Å²) in [6, 6.07) is 19.6. The summed E-state index contributed by atoms with van der Waals surface area (Å²) >= 11 is 0. The molecule has 3 aromatic rings. The Hall–Kier alpha value is -3.34. The first kappa shape index (κ1) is 17.5. The second-order valence-electron chi connectivity index (χ2n) is 6.00. The SMILES string of the molecule is Cc1ccccc1NC(=O)C(Cc1ccccc1)NC(=O)c1ccco1. The minimum Gasteiger partial charge on any atom is -0.459 e. The highest BCUT2D eigenvalue weighted by Gasteiger charge is 2.23. The first-order chi connectivity index (χ1) is 12.6. The van der Waals surface area contributed by atoms with Gasteiger partial charge in [-0.25, -0.2) is 0 Å². The first-order valence-electron chi connectivity index (χ1n) is 8.38. The Kier molecular flexibility index (Phi) is 5.49. The van der Waals surface area contributed by atoms with Crippen LogP contribution in [0.25, 0.3) is 0 Å². The topological polar surface area (TPSA) is 71.3 Å². The van der Waals surface area contributed by atoms with Crippen LogP contribution in [0.5, 0.6) is 0 Å². The van der Waals surface area contributed by atoms with Crippen molar-refractivity contribution in [2.45, 2.75) is 19.4 Å². The lowest BCUT2D eigenvalue weighted by Gasteiger charge is -2.19. The van der Waals surface area contributed by atoms with Crippen LogP contribution in [0.1, 0.15) is 21.7 Å². The molecule has 5 heteroatoms. The minimum absolute atomic E-state index is 0.173. The lowest BCUT2D eigenvalue weighted by atomic mass is 10.0. The summed E-state index contributed by atoms with van der Waals surface area (Å²) in [5.41, 5.74) is 2.64. The maximum absolute atomic E-state index is 12.8. The van der Waals surface area contributed by atoms with Gasteiger partial charge in [-0.3, -0.25) is 9.59 Å². The maximum Gasteiger partial charge on any atom is 0.287 e. The highest BCUT2D eigenvalue weighted by molar-refractivity contribution is 6.00. The Balaban J connectivity index is 1.78. The van der Waals surface area contributed by atoms with E-state index in [0.717, 1.165) is 16.8 Å². The fraction of sp³-hybridized carbons (Fsp3) is 0.143. The van der Waals surface area contributed by atoms with Crippen LogP contribution in [-0.4, -0.2) is 17.9 Å². The van der Waals surface area contributed by atoms with Crippen LogP contribution in [0.2, 0.25) is 0 Å². The van der Waals surface area contributed by atoms with E-state index < -0.39 is 11.9 Å². The third-order valence-electron chi connectivity index (χ3n) is 4.05. The van der Waals surface area contributed by atoms with Crippen LogP contribution in [0.3, 0.4) is 0 Å². The predicted molar refractivity (Wildman–Crippen MR) is 99.9 cm³/mol. The highest BCUT2D eigenvalue weighted by atomic mass is 16.3. The van der Waals surface area contributed by atoms with Crippen molar-refractivity contribution in [1.29, 1.82) is 0 Å². The summed E-state index contributed by atoms with van der Waals surface area (Å²) in [6.07, 6.45) is 1.81. The van der Waals surface area contributed by atoms with E-state index >= 15 is 0 Å². The third-order valence-corrected chi connectivity index (χ3v) is 4.05. The molecule has 26 heavy (non-hydrogen) atoms. The Morgan fingerprint density at radius 2 is 1.69 bits per heavy atom. The molecule has 0 aliphatic heterocycles. The molecule has 0 saturated carbocycles. The van der Waals surface area contributed by atoms with E-state index in [2.05, 4.69) is 10.6 Å². The van der Waals surface area contributed by atoms with Gasteiger partial charge >= 0.3 is 0 Å². The van der Waals surface area contributed by atoms with Crippen molar-refractivity contribution in [2.24, 2.45) is 0 Å². The Morgan fingerprint density at radius 1 is 0.962 bits per heavy atom. The number of aryl methyl sites for hydroxylation is 1. The van der Waals surface area contributed by atoms with Crippen LogP contribution >= 0.6 is 0 Å². The molecule has 132 valence electrons. The molecular weight excluding hydrogens is 328 g/mol. The van der Waals surface area contributed by atoms with E-state index in [9.17, 15) is 9.59 Å². The van der Waals surface area contributed by atoms with Crippen LogP contribution in [0, 0.1) is 6.92 Å². The minimum atomic E-state index is -0.727. The van der Waals surface area contributed by atoms with Crippen LogP contribution < -0.4 is 10.6 Å². The van der Waals surface area contributed by atoms with Crippen LogP contribution in [-0.2, 0) is 11.2 Å². The maximum atomic E-state index is 12.8. The fourth-order valence-corrected chi connectivity index (χ4v) is 2.63. The van der Waals surface area contributed by atoms with Gasteiger partial charge in [-0.05, 0) is 36.2 Å². The van der Waals surface area contributed by atoms with E-state index in [1.165, 1.54) is 6.26 Å². The van der Waals surface area contributed by atoms with Gasteiger partial charge in [0.25, 0.3) is 5.91 Å². The van der Waals surface area contributed by atoms with Gasteiger partial charge in [0.1, 0.15) is 6.04 Å². The molecule has 2 aromatic carbocycles. The first-order valence-corrected chi connectivity index (χ1v) is 8.38. The molecule has 0 aliphatic rings. The summed E-state index contributed by atoms with van der Waals surface area (Å²) in [5, 5.41) is 5.66. The summed E-state index contributed by atoms with van der Waals surface area (Å²) in [5.74, 6) is -0.523. The molecule has 1 unspecified atom stereocenters. The van der Waals surface area contributed by atoms with Crippen molar-refractivity contribution in [3.8, 4) is 0 Å². The molecule has 1 atom stereocenters. The molecule has 5 nitrogen and oxygen atoms in total. The summed E-state index contributed by atoms with van der Waals surface area (Å²) in [7, 11) is 0. The van der Waals surface area contributed by atoms with Gasteiger partial charge in [0.2, 0.25) is 5.91 Å². The van der Waals surface area contributed by atoms with E-state index in [1.807, 2.05) is 61.5 Å². The zero-order valence-electron chi connectivity index (χ0n) is 14.4. The van der Waals surface area contributed by atoms with Gasteiger partial charge in [-0.2, -0.15) is 0 Å². The summed E-state index contributed by atoms with van der Waals surface area (Å²) in [6.45, 7) is 1.92. The van der Waals surface area contributed by atoms with Gasteiger partial charge in [-0.1, -0.05) is 48.5 Å². The number of nitrogens with one attached hydrogen (secondary N) is 2. The predicted octanol–water partition coefficient (Wildman–Crippen LogP) is 3.57. The molecule has 0 bridgehead atoms. The van der Waals surface area contributed by atoms with E-state index in [1.54, 1.807) is 12.1 Å². The molecule has 2 amide bonds. The van der Waals surface area contributed by atoms with Crippen molar-refractivity contribution >= 4 is 17.5 Å². The van der Waals surface area contributed by atoms with E-state index in [4.69, 9.17) is 4.42 Å². The number of anilines is 1. The molecule has 0 spiro atoms. The number of benzene rings is 2. The zero-order valence-corrected chi connectivity index (χ0v) is 14.4. The van der Waals surface area contributed by atoms with Crippen LogP contribution in [0.15, 0.2) is 77.4 Å². The number of amides is 2. The van der Waals surface area contributed by atoms with Gasteiger partial charge in [0, 0.05) is 12.1 Å². The van der Waals surface area contributed by atoms with Gasteiger partial charge < -0.3 is 15.1 Å². The lowest BCUT2D eigenvalue weighted by molar-refractivity contribution is -0.118. The molecule has 0 radical (unpaired) electrons. The summed E-state index contributed by atoms with van der Waals surface area (Å²) < 4.78 is 5.12. The number of hydrogen-bond acceptors (Lipinski definition) is 3. The van der Waals surface area contributed by atoms with Crippen molar-refractivity contribution in [3.05, 3.63) is 89.9 Å². The molecule has 0 fully saturated rings. The monoisotopic (exact) mass is 348 g/mol. The highest BCUT2D eigenvalue weighted by Crippen LogP contribution is 2.14. The number of carbonyl (C=O) groups is 2. The normalized spacial score (nSPS) is 11.6. The van der Waals surface area contributed by atoms with E-state index in [0.29, 0.717) is 6.42 Å². The number of rotatable bonds is 6. The Bertz CT molecular complexity index is 873. The van der Waals surface area contributed by atoms with Crippen molar-refractivity contribution < 1.29 is 14.0 Å². The number of furan rings is 1. The van der Waals surface area contributed by atoms with Crippen LogP contribution in [0.4, 0.5) is 5.69 Å². The third kappa shape index (κ3) is 4.39. The number of carbonyl (C=O) groups excluding carboxylic acids is 2. The number of para-hydroxylation sites is 1. The molecule has 0 saturated heterocycles. The van der Waals surface area contributed by atoms with E-state index in [-0.39, 0.29) is 11.7 Å². The average molecular weight is 348 g/mol. The zero-order chi connectivity index (χ0) is 18.4. The second-order valence-corrected chi connectivity index (χ2v) is 6.00. The molecule has 3 rings (SSSR count). The molecule has 2 N–H and O–H groups in total. The molecule has 1 heterocycles. The lowest BCUT2D eigenvalue weighted by Crippen LogP contribution is -2.45. The largest absolute Gasteiger partial charge is 0.459 e. The van der Waals surface area contributed by atoms with Crippen molar-refractivity contribution in [1.82, 2.24) is 5.32 Å². The smallest absolute Gasteiger partial charge is 0.287 e. The molecular formula is C21H20N2O3. The average Bonchev–Trinajstić information content (AvgIpc) is 3.19. The summed E-state index contributed by atoms with van der Waals surface area (Å²) in [4.78, 5) is 25.2. The Labute approximate surface area is 152 Å². The van der Waals surface area contributed by atoms with Gasteiger partial charge in [0.15, 0.2) is 5.76 Å². The number of hydrogen-bond donors (Lipinski definition) is 2. The second kappa shape index (κ2) is 8.16. The fourth-order valence-electron chi connectivity index (χ4n) is 2.63. The molecule has 0 aliphatic carbocycles. The van der Waals surface area contributed by atoms with Crippen molar-refractivity contribution in [2.75, 3.05) is 5.32 Å². The van der Waals surface area contributed by atoms with Gasteiger partial charge in [-0.15, -0.1) is 0 Å².